The van der Waals surface area contributed by atoms with E-state index in [0.717, 1.165) is 16.8 Å². The molecule has 6 nitrogen and oxygen atoms in total. The summed E-state index contributed by atoms with van der Waals surface area (Å²) >= 11 is 3.53. The van der Waals surface area contributed by atoms with Gasteiger partial charge < -0.3 is 10.1 Å². The smallest absolute Gasteiger partial charge is 0.212 e. The highest BCUT2D eigenvalue weighted by molar-refractivity contribution is 9.10. The number of tetrazole rings is 1. The van der Waals surface area contributed by atoms with Gasteiger partial charge in [0.25, 0.3) is 0 Å². The molecule has 2 rings (SSSR count). The van der Waals surface area contributed by atoms with Gasteiger partial charge in [-0.25, -0.2) is 0 Å². The maximum Gasteiger partial charge on any atom is 0.212 e. The van der Waals surface area contributed by atoms with Gasteiger partial charge in [-0.15, -0.1) is 10.2 Å². The lowest BCUT2D eigenvalue weighted by atomic mass is 10.1. The summed E-state index contributed by atoms with van der Waals surface area (Å²) in [5.74, 6) is 1.32. The third-order valence-electron chi connectivity index (χ3n) is 2.73. The van der Waals surface area contributed by atoms with Crippen molar-refractivity contribution in [1.29, 1.82) is 0 Å². The van der Waals surface area contributed by atoms with Crippen molar-refractivity contribution < 1.29 is 4.74 Å². The molecule has 1 aromatic carbocycles. The Balaban J connectivity index is 1.95. The van der Waals surface area contributed by atoms with Crippen LogP contribution in [0.25, 0.3) is 0 Å². The van der Waals surface area contributed by atoms with E-state index in [1.54, 1.807) is 7.05 Å². The number of halogens is 1. The number of benzene rings is 1. The van der Waals surface area contributed by atoms with Crippen molar-refractivity contribution in [1.82, 2.24) is 25.5 Å². The Bertz CT molecular complexity index is 606. The lowest BCUT2D eigenvalue weighted by molar-refractivity contribution is 0.293. The largest absolute Gasteiger partial charge is 0.484 e. The monoisotopic (exact) mass is 353 g/mol. The number of hydrogen-bond donors (Lipinski definition) is 1. The number of nitrogens with zero attached hydrogens (tertiary/aromatic N) is 4. The molecule has 0 bridgehead atoms. The van der Waals surface area contributed by atoms with E-state index in [-0.39, 0.29) is 5.54 Å². The SMILES string of the molecule is Cn1nnc(COc2ccc(CNC(C)(C)C)cc2Br)n1. The van der Waals surface area contributed by atoms with Crippen LogP contribution in [0.2, 0.25) is 0 Å². The molecule has 0 unspecified atom stereocenters. The molecule has 0 aliphatic heterocycles. The number of aromatic nitrogens is 4. The van der Waals surface area contributed by atoms with Gasteiger partial charge in [0.1, 0.15) is 5.75 Å². The van der Waals surface area contributed by atoms with Crippen LogP contribution >= 0.6 is 15.9 Å². The number of hydrogen-bond acceptors (Lipinski definition) is 5. The van der Waals surface area contributed by atoms with Gasteiger partial charge in [-0.1, -0.05) is 6.07 Å². The maximum atomic E-state index is 5.69. The molecule has 0 aliphatic rings. The Morgan fingerprint density at radius 2 is 2.10 bits per heavy atom. The van der Waals surface area contributed by atoms with Crippen molar-refractivity contribution in [3.8, 4) is 5.75 Å². The van der Waals surface area contributed by atoms with Gasteiger partial charge in [0.15, 0.2) is 6.61 Å². The summed E-state index contributed by atoms with van der Waals surface area (Å²) in [4.78, 5) is 1.41. The molecule has 1 aromatic heterocycles. The van der Waals surface area contributed by atoms with Crippen LogP contribution in [0.4, 0.5) is 0 Å². The Kier molecular flexibility index (Phi) is 4.95. The van der Waals surface area contributed by atoms with E-state index in [2.05, 4.69) is 63.5 Å². The first-order chi connectivity index (χ1) is 9.83. The van der Waals surface area contributed by atoms with Gasteiger partial charge in [-0.05, 0) is 59.6 Å². The zero-order chi connectivity index (χ0) is 15.5. The van der Waals surface area contributed by atoms with E-state index in [0.29, 0.717) is 12.4 Å². The van der Waals surface area contributed by atoms with Crippen molar-refractivity contribution in [2.75, 3.05) is 0 Å². The zero-order valence-corrected chi connectivity index (χ0v) is 14.3. The highest BCUT2D eigenvalue weighted by atomic mass is 79.9. The highest BCUT2D eigenvalue weighted by Crippen LogP contribution is 2.26. The molecule has 0 aliphatic carbocycles. The molecule has 0 saturated heterocycles. The lowest BCUT2D eigenvalue weighted by Crippen LogP contribution is -2.35. The van der Waals surface area contributed by atoms with Crippen LogP contribution in [0, 0.1) is 0 Å². The fourth-order valence-electron chi connectivity index (χ4n) is 1.66. The third-order valence-corrected chi connectivity index (χ3v) is 3.35. The summed E-state index contributed by atoms with van der Waals surface area (Å²) in [5, 5.41) is 15.2. The zero-order valence-electron chi connectivity index (χ0n) is 12.7. The van der Waals surface area contributed by atoms with Gasteiger partial charge in [0, 0.05) is 12.1 Å². The van der Waals surface area contributed by atoms with Gasteiger partial charge in [-0.3, -0.25) is 0 Å². The summed E-state index contributed by atoms with van der Waals surface area (Å²) < 4.78 is 6.61. The first-order valence-electron chi connectivity index (χ1n) is 6.72. The Morgan fingerprint density at radius 1 is 1.33 bits per heavy atom. The molecule has 0 atom stereocenters. The van der Waals surface area contributed by atoms with Crippen LogP contribution in [0.5, 0.6) is 5.75 Å². The van der Waals surface area contributed by atoms with Crippen LogP contribution in [-0.2, 0) is 20.2 Å². The van der Waals surface area contributed by atoms with Crippen molar-refractivity contribution >= 4 is 15.9 Å². The number of ether oxygens (including phenoxy) is 1. The van der Waals surface area contributed by atoms with E-state index in [9.17, 15) is 0 Å². The quantitative estimate of drug-likeness (QED) is 0.894. The van der Waals surface area contributed by atoms with Crippen molar-refractivity contribution in [2.24, 2.45) is 7.05 Å². The van der Waals surface area contributed by atoms with Gasteiger partial charge in [0.2, 0.25) is 5.82 Å². The average molecular weight is 354 g/mol. The normalized spacial score (nSPS) is 11.7. The minimum Gasteiger partial charge on any atom is -0.484 e. The molecule has 0 saturated carbocycles. The summed E-state index contributed by atoms with van der Waals surface area (Å²) in [7, 11) is 1.73. The van der Waals surface area contributed by atoms with E-state index in [4.69, 9.17) is 4.74 Å². The standard InChI is InChI=1S/C14H20BrN5O/c1-14(2,3)16-8-10-5-6-12(11(15)7-10)21-9-13-17-19-20(4)18-13/h5-7,16H,8-9H2,1-4H3. The summed E-state index contributed by atoms with van der Waals surface area (Å²) in [6.45, 7) is 7.55. The second kappa shape index (κ2) is 6.53. The maximum absolute atomic E-state index is 5.69. The van der Waals surface area contributed by atoms with E-state index < -0.39 is 0 Å². The molecule has 2 aromatic rings. The molecule has 7 heteroatoms. The molecular formula is C14H20BrN5O. The second-order valence-corrected chi connectivity index (χ2v) is 6.71. The van der Waals surface area contributed by atoms with Gasteiger partial charge in [-0.2, -0.15) is 4.80 Å². The van der Waals surface area contributed by atoms with E-state index >= 15 is 0 Å². The topological polar surface area (TPSA) is 64.9 Å². The van der Waals surface area contributed by atoms with E-state index in [1.807, 2.05) is 12.1 Å². The molecule has 0 fully saturated rings. The fraction of sp³-hybridized carbons (Fsp3) is 0.500. The predicted molar refractivity (Wildman–Crippen MR) is 83.9 cm³/mol. The van der Waals surface area contributed by atoms with Crippen molar-refractivity contribution in [2.45, 2.75) is 39.5 Å². The Morgan fingerprint density at radius 3 is 2.67 bits per heavy atom. The van der Waals surface area contributed by atoms with Crippen molar-refractivity contribution in [3.63, 3.8) is 0 Å². The van der Waals surface area contributed by atoms with Crippen LogP contribution in [0.3, 0.4) is 0 Å². The third kappa shape index (κ3) is 5.09. The van der Waals surface area contributed by atoms with Crippen LogP contribution in [-0.4, -0.2) is 25.7 Å². The van der Waals surface area contributed by atoms with Crippen LogP contribution < -0.4 is 10.1 Å². The summed E-state index contributed by atoms with van der Waals surface area (Å²) in [6, 6.07) is 6.04. The molecule has 0 radical (unpaired) electrons. The first kappa shape index (κ1) is 15.9. The minimum absolute atomic E-state index is 0.0965. The lowest BCUT2D eigenvalue weighted by Gasteiger charge is -2.20. The molecule has 0 amide bonds. The number of nitrogens with one attached hydrogen (secondary N) is 1. The van der Waals surface area contributed by atoms with E-state index in [1.165, 1.54) is 10.4 Å². The second-order valence-electron chi connectivity index (χ2n) is 5.85. The molecule has 1 N–H and O–H groups in total. The summed E-state index contributed by atoms with van der Waals surface area (Å²) in [6.07, 6.45) is 0. The summed E-state index contributed by atoms with van der Waals surface area (Å²) in [5.41, 5.74) is 1.29. The molecular weight excluding hydrogens is 334 g/mol. The Hall–Kier alpha value is -1.47. The van der Waals surface area contributed by atoms with Gasteiger partial charge in [0.05, 0.1) is 11.5 Å². The predicted octanol–water partition coefficient (Wildman–Crippen LogP) is 2.44. The van der Waals surface area contributed by atoms with Crippen LogP contribution in [0.1, 0.15) is 32.2 Å². The highest BCUT2D eigenvalue weighted by Gasteiger charge is 2.10. The van der Waals surface area contributed by atoms with Gasteiger partial charge >= 0.3 is 0 Å². The number of rotatable bonds is 5. The number of aryl methyl sites for hydroxylation is 1. The first-order valence-corrected chi connectivity index (χ1v) is 7.52. The van der Waals surface area contributed by atoms with Crippen molar-refractivity contribution in [3.05, 3.63) is 34.1 Å². The van der Waals surface area contributed by atoms with Crippen LogP contribution in [0.15, 0.2) is 22.7 Å². The Labute approximate surface area is 133 Å². The average Bonchev–Trinajstić information content (AvgIpc) is 2.80. The molecule has 21 heavy (non-hydrogen) atoms. The minimum atomic E-state index is 0.0965. The molecule has 114 valence electrons. The molecule has 1 heterocycles. The molecule has 0 spiro atoms. The fourth-order valence-corrected chi connectivity index (χ4v) is 2.20.